The molecule has 0 aromatic rings. The Morgan fingerprint density at radius 1 is 1.22 bits per heavy atom. The Kier molecular flexibility index (Phi) is 3.85. The van der Waals surface area contributed by atoms with Crippen LogP contribution in [-0.2, 0) is 9.47 Å². The molecule has 4 heteroatoms. The first-order valence-corrected chi connectivity index (χ1v) is 7.00. The molecule has 2 fully saturated rings. The molecule has 1 saturated carbocycles. The van der Waals surface area contributed by atoms with Crippen LogP contribution in [-0.4, -0.2) is 41.4 Å². The summed E-state index contributed by atoms with van der Waals surface area (Å²) >= 11 is 0. The Balaban J connectivity index is 1.90. The smallest absolute Gasteiger partial charge is 0.410 e. The Hall–Kier alpha value is -0.770. The van der Waals surface area contributed by atoms with Crippen LogP contribution in [0.5, 0.6) is 0 Å². The highest BCUT2D eigenvalue weighted by molar-refractivity contribution is 5.69. The number of hydrogen-bond donors (Lipinski definition) is 0. The summed E-state index contributed by atoms with van der Waals surface area (Å²) in [5.41, 5.74) is -0.429. The number of carbonyl (C=O) groups excluding carboxylic acids is 1. The number of amides is 1. The van der Waals surface area contributed by atoms with E-state index in [1.165, 1.54) is 12.8 Å². The van der Waals surface area contributed by atoms with Gasteiger partial charge in [-0.2, -0.15) is 0 Å². The van der Waals surface area contributed by atoms with Crippen LogP contribution in [0.25, 0.3) is 0 Å². The Bertz CT molecular complexity index is 307. The van der Waals surface area contributed by atoms with Crippen molar-refractivity contribution in [2.75, 3.05) is 6.61 Å². The maximum atomic E-state index is 12.2. The van der Waals surface area contributed by atoms with E-state index >= 15 is 0 Å². The highest BCUT2D eigenvalue weighted by Crippen LogP contribution is 2.29. The van der Waals surface area contributed by atoms with Crippen LogP contribution in [0.4, 0.5) is 4.79 Å². The second-order valence-corrected chi connectivity index (χ2v) is 6.50. The standard InChI is InChI=1S/C14H25NO3/c1-10-5-6-11(9-17-12-7-8-12)15(10)13(16)18-14(2,3)4/h10-12H,5-9H2,1-4H3/t10?,11-/m0/s1. The molecule has 0 bridgehead atoms. The van der Waals surface area contributed by atoms with Crippen molar-refractivity contribution < 1.29 is 14.3 Å². The summed E-state index contributed by atoms with van der Waals surface area (Å²) in [7, 11) is 0. The van der Waals surface area contributed by atoms with E-state index in [0.29, 0.717) is 12.7 Å². The summed E-state index contributed by atoms with van der Waals surface area (Å²) in [5, 5.41) is 0. The molecule has 18 heavy (non-hydrogen) atoms. The van der Waals surface area contributed by atoms with Crippen molar-refractivity contribution in [3.05, 3.63) is 0 Å². The van der Waals surface area contributed by atoms with Crippen molar-refractivity contribution in [1.82, 2.24) is 4.90 Å². The van der Waals surface area contributed by atoms with Crippen molar-refractivity contribution >= 4 is 6.09 Å². The van der Waals surface area contributed by atoms with Gasteiger partial charge in [0.1, 0.15) is 5.60 Å². The molecule has 0 N–H and O–H groups in total. The molecule has 4 nitrogen and oxygen atoms in total. The van der Waals surface area contributed by atoms with Crippen LogP contribution < -0.4 is 0 Å². The maximum Gasteiger partial charge on any atom is 0.410 e. The average molecular weight is 255 g/mol. The molecule has 0 aromatic carbocycles. The third-order valence-corrected chi connectivity index (χ3v) is 3.44. The Morgan fingerprint density at radius 2 is 1.89 bits per heavy atom. The van der Waals surface area contributed by atoms with Crippen LogP contribution in [0.1, 0.15) is 53.4 Å². The molecule has 1 amide bonds. The van der Waals surface area contributed by atoms with Gasteiger partial charge < -0.3 is 14.4 Å². The lowest BCUT2D eigenvalue weighted by Crippen LogP contribution is -2.45. The predicted octanol–water partition coefficient (Wildman–Crippen LogP) is 2.95. The van der Waals surface area contributed by atoms with Crippen molar-refractivity contribution in [3.63, 3.8) is 0 Å². The Morgan fingerprint density at radius 3 is 2.44 bits per heavy atom. The topological polar surface area (TPSA) is 38.8 Å². The van der Waals surface area contributed by atoms with Crippen molar-refractivity contribution in [1.29, 1.82) is 0 Å². The molecule has 1 aliphatic heterocycles. The van der Waals surface area contributed by atoms with Gasteiger partial charge in [0.25, 0.3) is 0 Å². The molecule has 2 aliphatic rings. The number of hydrogen-bond acceptors (Lipinski definition) is 3. The normalized spacial score (nSPS) is 28.6. The van der Waals surface area contributed by atoms with E-state index in [1.807, 2.05) is 25.7 Å². The summed E-state index contributed by atoms with van der Waals surface area (Å²) < 4.78 is 11.2. The van der Waals surface area contributed by atoms with Gasteiger partial charge in [-0.25, -0.2) is 4.79 Å². The first-order chi connectivity index (χ1) is 8.37. The molecule has 0 spiro atoms. The van der Waals surface area contributed by atoms with E-state index in [4.69, 9.17) is 9.47 Å². The maximum absolute atomic E-state index is 12.2. The van der Waals surface area contributed by atoms with Gasteiger partial charge >= 0.3 is 6.09 Å². The fourth-order valence-electron chi connectivity index (χ4n) is 2.36. The quantitative estimate of drug-likeness (QED) is 0.778. The van der Waals surface area contributed by atoms with Crippen molar-refractivity contribution in [2.45, 2.75) is 77.2 Å². The van der Waals surface area contributed by atoms with E-state index in [9.17, 15) is 4.79 Å². The Labute approximate surface area is 110 Å². The molecule has 1 heterocycles. The van der Waals surface area contributed by atoms with Gasteiger partial charge in [0.2, 0.25) is 0 Å². The highest BCUT2D eigenvalue weighted by atomic mass is 16.6. The first kappa shape index (κ1) is 13.7. The highest BCUT2D eigenvalue weighted by Gasteiger charge is 2.38. The zero-order valence-electron chi connectivity index (χ0n) is 11.9. The van der Waals surface area contributed by atoms with Crippen molar-refractivity contribution in [2.24, 2.45) is 0 Å². The lowest BCUT2D eigenvalue weighted by molar-refractivity contribution is 0.00146. The summed E-state index contributed by atoms with van der Waals surface area (Å²) in [6.45, 7) is 8.46. The zero-order valence-corrected chi connectivity index (χ0v) is 11.9. The zero-order chi connectivity index (χ0) is 13.3. The van der Waals surface area contributed by atoms with Gasteiger partial charge in [0.05, 0.1) is 18.8 Å². The summed E-state index contributed by atoms with van der Waals surface area (Å²) in [6.07, 6.45) is 4.66. The van der Waals surface area contributed by atoms with E-state index in [0.717, 1.165) is 12.8 Å². The molecular formula is C14H25NO3. The summed E-state index contributed by atoms with van der Waals surface area (Å²) in [4.78, 5) is 14.1. The molecule has 2 rings (SSSR count). The lowest BCUT2D eigenvalue weighted by Gasteiger charge is -2.31. The third kappa shape index (κ3) is 3.61. The van der Waals surface area contributed by atoms with Gasteiger partial charge in [-0.15, -0.1) is 0 Å². The summed E-state index contributed by atoms with van der Waals surface area (Å²) in [6, 6.07) is 0.447. The molecule has 104 valence electrons. The number of rotatable bonds is 3. The molecule has 0 radical (unpaired) electrons. The van der Waals surface area contributed by atoms with Crippen LogP contribution in [0.2, 0.25) is 0 Å². The molecule has 0 aromatic heterocycles. The van der Waals surface area contributed by atoms with Crippen LogP contribution in [0.15, 0.2) is 0 Å². The van der Waals surface area contributed by atoms with Crippen LogP contribution in [0, 0.1) is 0 Å². The third-order valence-electron chi connectivity index (χ3n) is 3.44. The monoisotopic (exact) mass is 255 g/mol. The number of likely N-dealkylation sites (tertiary alicyclic amines) is 1. The van der Waals surface area contributed by atoms with E-state index < -0.39 is 5.60 Å². The number of carbonyl (C=O) groups is 1. The average Bonchev–Trinajstić information content (AvgIpc) is 2.97. The fourth-order valence-corrected chi connectivity index (χ4v) is 2.36. The molecule has 1 unspecified atom stereocenters. The second-order valence-electron chi connectivity index (χ2n) is 6.50. The van der Waals surface area contributed by atoms with Gasteiger partial charge in [-0.05, 0) is 53.4 Å². The van der Waals surface area contributed by atoms with Crippen molar-refractivity contribution in [3.8, 4) is 0 Å². The fraction of sp³-hybridized carbons (Fsp3) is 0.929. The minimum absolute atomic E-state index is 0.190. The van der Waals surface area contributed by atoms with Crippen LogP contribution in [0.3, 0.4) is 0 Å². The molecule has 1 saturated heterocycles. The van der Waals surface area contributed by atoms with E-state index in [1.54, 1.807) is 0 Å². The van der Waals surface area contributed by atoms with Gasteiger partial charge in [-0.3, -0.25) is 0 Å². The lowest BCUT2D eigenvalue weighted by atomic mass is 10.2. The van der Waals surface area contributed by atoms with E-state index in [2.05, 4.69) is 6.92 Å². The van der Waals surface area contributed by atoms with E-state index in [-0.39, 0.29) is 18.2 Å². The minimum atomic E-state index is -0.429. The molecule has 2 atom stereocenters. The predicted molar refractivity (Wildman–Crippen MR) is 69.5 cm³/mol. The van der Waals surface area contributed by atoms with Gasteiger partial charge in [-0.1, -0.05) is 0 Å². The largest absolute Gasteiger partial charge is 0.444 e. The SMILES string of the molecule is CC1CC[C@@H](COC2CC2)N1C(=O)OC(C)(C)C. The van der Waals surface area contributed by atoms with Gasteiger partial charge in [0, 0.05) is 6.04 Å². The number of nitrogens with zero attached hydrogens (tertiary/aromatic N) is 1. The first-order valence-electron chi connectivity index (χ1n) is 7.00. The molecule has 1 aliphatic carbocycles. The summed E-state index contributed by atoms with van der Waals surface area (Å²) in [5.74, 6) is 0. The minimum Gasteiger partial charge on any atom is -0.444 e. The van der Waals surface area contributed by atoms with Crippen LogP contribution >= 0.6 is 0 Å². The number of ether oxygens (including phenoxy) is 2. The molecular weight excluding hydrogens is 230 g/mol. The van der Waals surface area contributed by atoms with Gasteiger partial charge in [0.15, 0.2) is 0 Å². The second kappa shape index (κ2) is 5.08.